The van der Waals surface area contributed by atoms with E-state index in [-0.39, 0.29) is 5.91 Å². The molecule has 0 saturated heterocycles. The van der Waals surface area contributed by atoms with Crippen LogP contribution in [-0.2, 0) is 4.79 Å². The third kappa shape index (κ3) is 6.18. The average molecular weight is 276 g/mol. The van der Waals surface area contributed by atoms with Crippen LogP contribution in [-0.4, -0.2) is 17.3 Å². The second-order valence-corrected chi connectivity index (χ2v) is 6.17. The average Bonchev–Trinajstić information content (AvgIpc) is 2.66. The summed E-state index contributed by atoms with van der Waals surface area (Å²) in [4.78, 5) is 11.9. The van der Waals surface area contributed by atoms with Gasteiger partial charge in [0.25, 0.3) is 0 Å². The number of carbonyl (C=O) groups excluding carboxylic acids is 1. The van der Waals surface area contributed by atoms with E-state index in [9.17, 15) is 4.79 Å². The first kappa shape index (κ1) is 13.0. The highest BCUT2D eigenvalue weighted by Crippen LogP contribution is 2.28. The van der Waals surface area contributed by atoms with Crippen LogP contribution in [0.1, 0.15) is 51.9 Å². The lowest BCUT2D eigenvalue weighted by molar-refractivity contribution is -0.121. The first-order valence-electron chi connectivity index (χ1n) is 6.09. The highest BCUT2D eigenvalue weighted by atomic mass is 79.9. The second kappa shape index (κ2) is 7.26. The lowest BCUT2D eigenvalue weighted by atomic mass is 10.0. The van der Waals surface area contributed by atoms with Gasteiger partial charge >= 0.3 is 0 Å². The van der Waals surface area contributed by atoms with Crippen molar-refractivity contribution in [2.24, 2.45) is 5.92 Å². The Morgan fingerprint density at radius 1 is 1.47 bits per heavy atom. The van der Waals surface area contributed by atoms with E-state index in [4.69, 9.17) is 0 Å². The van der Waals surface area contributed by atoms with Crippen molar-refractivity contribution in [1.29, 1.82) is 0 Å². The molecule has 0 aromatic heterocycles. The van der Waals surface area contributed by atoms with Crippen LogP contribution in [0.15, 0.2) is 0 Å². The topological polar surface area (TPSA) is 29.1 Å². The summed E-state index contributed by atoms with van der Waals surface area (Å²) in [6.45, 7) is 2.90. The Kier molecular flexibility index (Phi) is 6.30. The molecule has 1 amide bonds. The highest BCUT2D eigenvalue weighted by Gasteiger charge is 2.15. The third-order valence-corrected chi connectivity index (χ3v) is 3.58. The fourth-order valence-electron chi connectivity index (χ4n) is 2.13. The Morgan fingerprint density at radius 2 is 2.13 bits per heavy atom. The minimum atomic E-state index is 0.232. The monoisotopic (exact) mass is 275 g/mol. The van der Waals surface area contributed by atoms with Gasteiger partial charge < -0.3 is 5.32 Å². The maximum atomic E-state index is 11.5. The molecule has 2 nitrogen and oxygen atoms in total. The number of hydrogen-bond acceptors (Lipinski definition) is 1. The van der Waals surface area contributed by atoms with Gasteiger partial charge in [0.2, 0.25) is 5.91 Å². The first-order chi connectivity index (χ1) is 7.18. The van der Waals surface area contributed by atoms with Crippen LogP contribution < -0.4 is 5.32 Å². The van der Waals surface area contributed by atoms with E-state index < -0.39 is 0 Å². The molecule has 1 unspecified atom stereocenters. The Labute approximate surface area is 101 Å². The molecule has 0 spiro atoms. The second-order valence-electron chi connectivity index (χ2n) is 4.61. The summed E-state index contributed by atoms with van der Waals surface area (Å²) in [6.07, 6.45) is 8.24. The molecule has 88 valence electrons. The van der Waals surface area contributed by atoms with Crippen molar-refractivity contribution in [2.75, 3.05) is 6.54 Å². The SMILES string of the molecule is CC(Br)CCNC(=O)CCC1CCCC1. The predicted octanol–water partition coefficient (Wildman–Crippen LogP) is 3.25. The molecule has 1 atom stereocenters. The number of carbonyl (C=O) groups is 1. The minimum absolute atomic E-state index is 0.232. The van der Waals surface area contributed by atoms with Crippen molar-refractivity contribution < 1.29 is 4.79 Å². The molecule has 3 heteroatoms. The van der Waals surface area contributed by atoms with E-state index in [1.165, 1.54) is 25.7 Å². The van der Waals surface area contributed by atoms with E-state index in [0.29, 0.717) is 4.83 Å². The number of rotatable bonds is 6. The van der Waals surface area contributed by atoms with Crippen molar-refractivity contribution in [3.8, 4) is 0 Å². The summed E-state index contributed by atoms with van der Waals surface area (Å²) < 4.78 is 0. The van der Waals surface area contributed by atoms with Crippen LogP contribution in [0, 0.1) is 5.92 Å². The van der Waals surface area contributed by atoms with Crippen LogP contribution in [0.4, 0.5) is 0 Å². The van der Waals surface area contributed by atoms with Gasteiger partial charge in [0.15, 0.2) is 0 Å². The number of alkyl halides is 1. The van der Waals surface area contributed by atoms with Crippen LogP contribution in [0.25, 0.3) is 0 Å². The quantitative estimate of drug-likeness (QED) is 0.741. The van der Waals surface area contributed by atoms with Gasteiger partial charge in [-0.1, -0.05) is 48.5 Å². The molecule has 0 radical (unpaired) electrons. The molecule has 1 aliphatic rings. The fourth-order valence-corrected chi connectivity index (χ4v) is 2.36. The number of hydrogen-bond donors (Lipinski definition) is 1. The van der Waals surface area contributed by atoms with Gasteiger partial charge in [-0.3, -0.25) is 4.79 Å². The summed E-state index contributed by atoms with van der Waals surface area (Å²) in [6, 6.07) is 0. The normalized spacial score (nSPS) is 19.1. The molecule has 0 heterocycles. The summed E-state index contributed by atoms with van der Waals surface area (Å²) in [5.41, 5.74) is 0. The smallest absolute Gasteiger partial charge is 0.220 e. The molecule has 0 aromatic carbocycles. The van der Waals surface area contributed by atoms with Crippen LogP contribution >= 0.6 is 15.9 Å². The Bertz CT molecular complexity index is 188. The van der Waals surface area contributed by atoms with Gasteiger partial charge in [-0.15, -0.1) is 0 Å². The zero-order chi connectivity index (χ0) is 11.1. The third-order valence-electron chi connectivity index (χ3n) is 3.12. The van der Waals surface area contributed by atoms with E-state index in [1.807, 2.05) is 0 Å². The molecular weight excluding hydrogens is 254 g/mol. The summed E-state index contributed by atoms with van der Waals surface area (Å²) in [7, 11) is 0. The molecular formula is C12H22BrNO. The zero-order valence-corrected chi connectivity index (χ0v) is 11.2. The minimum Gasteiger partial charge on any atom is -0.356 e. The van der Waals surface area contributed by atoms with Gasteiger partial charge in [-0.25, -0.2) is 0 Å². The predicted molar refractivity (Wildman–Crippen MR) is 67.2 cm³/mol. The zero-order valence-electron chi connectivity index (χ0n) is 9.60. The van der Waals surface area contributed by atoms with Crippen LogP contribution in [0.3, 0.4) is 0 Å². The lowest BCUT2D eigenvalue weighted by Gasteiger charge is -2.09. The molecule has 1 aliphatic carbocycles. The number of amides is 1. The maximum Gasteiger partial charge on any atom is 0.220 e. The van der Waals surface area contributed by atoms with Crippen molar-refractivity contribution in [3.63, 3.8) is 0 Å². The van der Waals surface area contributed by atoms with E-state index in [1.54, 1.807) is 0 Å². The Hall–Kier alpha value is -0.0500. The summed E-state index contributed by atoms with van der Waals surface area (Å²) in [5, 5.41) is 2.97. The fraction of sp³-hybridized carbons (Fsp3) is 0.917. The molecule has 0 aliphatic heterocycles. The number of nitrogens with one attached hydrogen (secondary N) is 1. The molecule has 15 heavy (non-hydrogen) atoms. The molecule has 0 aromatic rings. The van der Waals surface area contributed by atoms with Crippen molar-refractivity contribution >= 4 is 21.8 Å². The largest absolute Gasteiger partial charge is 0.356 e. The molecule has 1 rings (SSSR count). The van der Waals surface area contributed by atoms with Gasteiger partial charge in [0.1, 0.15) is 0 Å². The van der Waals surface area contributed by atoms with Crippen LogP contribution in [0.2, 0.25) is 0 Å². The first-order valence-corrected chi connectivity index (χ1v) is 7.01. The number of halogens is 1. The summed E-state index contributed by atoms with van der Waals surface area (Å²) in [5.74, 6) is 1.06. The molecule has 1 saturated carbocycles. The van der Waals surface area contributed by atoms with E-state index in [2.05, 4.69) is 28.2 Å². The highest BCUT2D eigenvalue weighted by molar-refractivity contribution is 9.09. The Balaban J connectivity index is 1.98. The van der Waals surface area contributed by atoms with Gasteiger partial charge in [0, 0.05) is 17.8 Å². The standard InChI is InChI=1S/C12H22BrNO/c1-10(13)8-9-14-12(15)7-6-11-4-2-3-5-11/h10-11H,2-9H2,1H3,(H,14,15). The van der Waals surface area contributed by atoms with Crippen LogP contribution in [0.5, 0.6) is 0 Å². The molecule has 0 bridgehead atoms. The van der Waals surface area contributed by atoms with Gasteiger partial charge in [0.05, 0.1) is 0 Å². The Morgan fingerprint density at radius 3 is 2.73 bits per heavy atom. The molecule has 1 N–H and O–H groups in total. The molecule has 1 fully saturated rings. The lowest BCUT2D eigenvalue weighted by Crippen LogP contribution is -2.25. The van der Waals surface area contributed by atoms with E-state index >= 15 is 0 Å². The summed E-state index contributed by atoms with van der Waals surface area (Å²) >= 11 is 3.47. The van der Waals surface area contributed by atoms with Crippen molar-refractivity contribution in [1.82, 2.24) is 5.32 Å². The van der Waals surface area contributed by atoms with E-state index in [0.717, 1.165) is 31.7 Å². The maximum absolute atomic E-state index is 11.5. The van der Waals surface area contributed by atoms with Gasteiger partial charge in [-0.2, -0.15) is 0 Å². The van der Waals surface area contributed by atoms with Crippen molar-refractivity contribution in [3.05, 3.63) is 0 Å². The van der Waals surface area contributed by atoms with Crippen molar-refractivity contribution in [2.45, 2.75) is 56.7 Å². The van der Waals surface area contributed by atoms with Gasteiger partial charge in [-0.05, 0) is 18.8 Å².